The topological polar surface area (TPSA) is 37.3 Å². The number of alkyl halides is 3. The Balaban J connectivity index is 3.25. The second-order valence-corrected chi connectivity index (χ2v) is 3.22. The zero-order valence-corrected chi connectivity index (χ0v) is 8.38. The molecule has 5 heteroatoms. The highest BCUT2D eigenvalue weighted by molar-refractivity contribution is 5.91. The number of aliphatic carboxylic acids is 1. The van der Waals surface area contributed by atoms with Crippen molar-refractivity contribution in [2.75, 3.05) is 0 Å². The highest BCUT2D eigenvalue weighted by Gasteiger charge is 2.32. The van der Waals surface area contributed by atoms with Crippen LogP contribution < -0.4 is 0 Å². The maximum absolute atomic E-state index is 12.5. The highest BCUT2D eigenvalue weighted by Crippen LogP contribution is 2.32. The molecule has 2 nitrogen and oxygen atoms in total. The van der Waals surface area contributed by atoms with Crippen molar-refractivity contribution in [3.05, 3.63) is 41.0 Å². The fourth-order valence-corrected chi connectivity index (χ4v) is 1.18. The Hall–Kier alpha value is -1.78. The predicted octanol–water partition coefficient (Wildman–Crippen LogP) is 3.19. The second-order valence-electron chi connectivity index (χ2n) is 3.22. The molecule has 0 aromatic heterocycles. The van der Waals surface area contributed by atoms with E-state index < -0.39 is 17.7 Å². The number of benzene rings is 1. The van der Waals surface area contributed by atoms with Gasteiger partial charge in [0.15, 0.2) is 0 Å². The molecule has 0 heterocycles. The van der Waals surface area contributed by atoms with Crippen LogP contribution in [-0.2, 0) is 11.0 Å². The third kappa shape index (κ3) is 2.85. The van der Waals surface area contributed by atoms with Gasteiger partial charge in [0.1, 0.15) is 0 Å². The van der Waals surface area contributed by atoms with E-state index in [0.717, 1.165) is 12.1 Å². The molecule has 1 N–H and O–H groups in total. The third-order valence-corrected chi connectivity index (χ3v) is 1.98. The molecule has 1 aromatic carbocycles. The van der Waals surface area contributed by atoms with Crippen LogP contribution in [0.2, 0.25) is 0 Å². The number of hydrogen-bond donors (Lipinski definition) is 1. The number of hydrogen-bond acceptors (Lipinski definition) is 1. The van der Waals surface area contributed by atoms with Crippen LogP contribution in [0.15, 0.2) is 29.8 Å². The van der Waals surface area contributed by atoms with Crippen molar-refractivity contribution in [1.29, 1.82) is 0 Å². The lowest BCUT2D eigenvalue weighted by Crippen LogP contribution is -2.07. The summed E-state index contributed by atoms with van der Waals surface area (Å²) in [6.45, 7) is 1.25. The van der Waals surface area contributed by atoms with Gasteiger partial charge < -0.3 is 5.11 Å². The Kier molecular flexibility index (Phi) is 3.37. The van der Waals surface area contributed by atoms with Gasteiger partial charge in [-0.05, 0) is 24.6 Å². The highest BCUT2D eigenvalue weighted by atomic mass is 19.4. The van der Waals surface area contributed by atoms with Gasteiger partial charge in [0.05, 0.1) is 5.56 Å². The van der Waals surface area contributed by atoms with E-state index in [1.165, 1.54) is 25.1 Å². The summed E-state index contributed by atoms with van der Waals surface area (Å²) >= 11 is 0. The first-order valence-corrected chi connectivity index (χ1v) is 4.40. The molecule has 0 unspecified atom stereocenters. The predicted molar refractivity (Wildman–Crippen MR) is 52.7 cm³/mol. The van der Waals surface area contributed by atoms with E-state index in [4.69, 9.17) is 5.11 Å². The van der Waals surface area contributed by atoms with Crippen LogP contribution in [0.25, 0.3) is 6.08 Å². The maximum Gasteiger partial charge on any atom is 0.416 e. The van der Waals surface area contributed by atoms with Crippen molar-refractivity contribution in [3.63, 3.8) is 0 Å². The van der Waals surface area contributed by atoms with E-state index in [1.807, 2.05) is 0 Å². The molecule has 1 aromatic rings. The van der Waals surface area contributed by atoms with Crippen LogP contribution in [0.4, 0.5) is 13.2 Å². The summed E-state index contributed by atoms with van der Waals surface area (Å²) in [4.78, 5) is 10.5. The van der Waals surface area contributed by atoms with Crippen molar-refractivity contribution in [2.45, 2.75) is 13.1 Å². The van der Waals surface area contributed by atoms with Gasteiger partial charge in [-0.2, -0.15) is 13.2 Å². The molecule has 0 amide bonds. The standard InChI is InChI=1S/C11H9F3O2/c1-7(10(15)16)6-8-4-2-3-5-9(8)11(12,13)14/h2-6H,1H3,(H,15,16). The zero-order valence-electron chi connectivity index (χ0n) is 8.38. The van der Waals surface area contributed by atoms with E-state index in [-0.39, 0.29) is 11.1 Å². The van der Waals surface area contributed by atoms with Gasteiger partial charge >= 0.3 is 12.1 Å². The minimum atomic E-state index is -4.48. The number of carboxylic acid groups (broad SMARTS) is 1. The van der Waals surface area contributed by atoms with E-state index in [2.05, 4.69) is 0 Å². The Labute approximate surface area is 90.0 Å². The summed E-state index contributed by atoms with van der Waals surface area (Å²) < 4.78 is 37.6. The number of carbonyl (C=O) groups is 1. The lowest BCUT2D eigenvalue weighted by Gasteiger charge is -2.09. The monoisotopic (exact) mass is 230 g/mol. The Bertz CT molecular complexity index is 433. The summed E-state index contributed by atoms with van der Waals surface area (Å²) in [7, 11) is 0. The lowest BCUT2D eigenvalue weighted by molar-refractivity contribution is -0.138. The molecule has 0 aliphatic rings. The summed E-state index contributed by atoms with van der Waals surface area (Å²) in [6.07, 6.45) is -3.48. The summed E-state index contributed by atoms with van der Waals surface area (Å²) in [5.74, 6) is -1.24. The summed E-state index contributed by atoms with van der Waals surface area (Å²) in [5, 5.41) is 8.59. The number of carboxylic acids is 1. The largest absolute Gasteiger partial charge is 0.478 e. The molecular weight excluding hydrogens is 221 g/mol. The van der Waals surface area contributed by atoms with Gasteiger partial charge in [-0.1, -0.05) is 18.2 Å². The van der Waals surface area contributed by atoms with Gasteiger partial charge in [0, 0.05) is 5.57 Å². The van der Waals surface area contributed by atoms with Crippen LogP contribution in [0.1, 0.15) is 18.1 Å². The zero-order chi connectivity index (χ0) is 12.3. The molecule has 0 atom stereocenters. The van der Waals surface area contributed by atoms with Crippen molar-refractivity contribution in [3.8, 4) is 0 Å². The fraction of sp³-hybridized carbons (Fsp3) is 0.182. The molecule has 0 bridgehead atoms. The second kappa shape index (κ2) is 4.38. The first kappa shape index (κ1) is 12.3. The Morgan fingerprint density at radius 2 is 1.88 bits per heavy atom. The molecule has 16 heavy (non-hydrogen) atoms. The average molecular weight is 230 g/mol. The SMILES string of the molecule is CC(=Cc1ccccc1C(F)(F)F)C(=O)O. The molecule has 0 radical (unpaired) electrons. The summed E-state index contributed by atoms with van der Waals surface area (Å²) in [6, 6.07) is 4.84. The number of halogens is 3. The lowest BCUT2D eigenvalue weighted by atomic mass is 10.0. The van der Waals surface area contributed by atoms with E-state index >= 15 is 0 Å². The molecule has 0 saturated carbocycles. The molecule has 0 fully saturated rings. The van der Waals surface area contributed by atoms with Crippen LogP contribution in [0.5, 0.6) is 0 Å². The Morgan fingerprint density at radius 1 is 1.31 bits per heavy atom. The van der Waals surface area contributed by atoms with Gasteiger partial charge in [0.25, 0.3) is 0 Å². The fourth-order valence-electron chi connectivity index (χ4n) is 1.18. The number of rotatable bonds is 2. The third-order valence-electron chi connectivity index (χ3n) is 1.98. The van der Waals surface area contributed by atoms with Gasteiger partial charge in [-0.15, -0.1) is 0 Å². The van der Waals surface area contributed by atoms with Crippen LogP contribution in [-0.4, -0.2) is 11.1 Å². The molecule has 0 aliphatic carbocycles. The molecule has 0 saturated heterocycles. The van der Waals surface area contributed by atoms with Gasteiger partial charge in [-0.25, -0.2) is 4.79 Å². The van der Waals surface area contributed by atoms with Crippen molar-refractivity contribution >= 4 is 12.0 Å². The molecule has 0 aliphatic heterocycles. The van der Waals surface area contributed by atoms with E-state index in [1.54, 1.807) is 0 Å². The van der Waals surface area contributed by atoms with Crippen LogP contribution in [0.3, 0.4) is 0 Å². The van der Waals surface area contributed by atoms with Crippen LogP contribution >= 0.6 is 0 Å². The maximum atomic E-state index is 12.5. The van der Waals surface area contributed by atoms with Gasteiger partial charge in [-0.3, -0.25) is 0 Å². The Morgan fingerprint density at radius 3 is 2.38 bits per heavy atom. The first-order chi connectivity index (χ1) is 7.32. The minimum absolute atomic E-state index is 0.142. The average Bonchev–Trinajstić information content (AvgIpc) is 2.16. The normalized spacial score (nSPS) is 12.6. The van der Waals surface area contributed by atoms with E-state index in [9.17, 15) is 18.0 Å². The molecular formula is C11H9F3O2. The summed E-state index contributed by atoms with van der Waals surface area (Å²) in [5.41, 5.74) is -1.12. The van der Waals surface area contributed by atoms with Crippen molar-refractivity contribution in [2.24, 2.45) is 0 Å². The smallest absolute Gasteiger partial charge is 0.416 e. The van der Waals surface area contributed by atoms with E-state index in [0.29, 0.717) is 0 Å². The minimum Gasteiger partial charge on any atom is -0.478 e. The van der Waals surface area contributed by atoms with Crippen molar-refractivity contribution < 1.29 is 23.1 Å². The molecule has 86 valence electrons. The van der Waals surface area contributed by atoms with Crippen molar-refractivity contribution in [1.82, 2.24) is 0 Å². The van der Waals surface area contributed by atoms with Gasteiger partial charge in [0.2, 0.25) is 0 Å². The molecule has 0 spiro atoms. The first-order valence-electron chi connectivity index (χ1n) is 4.40. The van der Waals surface area contributed by atoms with Crippen LogP contribution in [0, 0.1) is 0 Å². The molecule has 1 rings (SSSR count). The quantitative estimate of drug-likeness (QED) is 0.792.